The zero-order chi connectivity index (χ0) is 55.2. The number of carbonyl (C=O) groups is 6. The Hall–Kier alpha value is -6.94. The number of rotatable bonds is 18. The van der Waals surface area contributed by atoms with E-state index in [1.165, 1.54) is 26.9 Å². The van der Waals surface area contributed by atoms with Crippen LogP contribution >= 0.6 is 0 Å². The average Bonchev–Trinajstić information content (AvgIpc) is 4.12. The van der Waals surface area contributed by atoms with Gasteiger partial charge in [0.2, 0.25) is 35.4 Å². The summed E-state index contributed by atoms with van der Waals surface area (Å²) in [6.45, 7) is 15.5. The third-order valence-corrected chi connectivity index (χ3v) is 15.0. The largest absolute Gasteiger partial charge is 0.494 e. The van der Waals surface area contributed by atoms with Crippen LogP contribution in [0, 0.1) is 10.8 Å². The second-order valence-electron chi connectivity index (χ2n) is 22.4. The zero-order valence-corrected chi connectivity index (χ0v) is 46.1. The highest BCUT2D eigenvalue weighted by Crippen LogP contribution is 2.37. The summed E-state index contributed by atoms with van der Waals surface area (Å²) in [7, 11) is 6.40. The molecule has 0 spiro atoms. The van der Waals surface area contributed by atoms with Gasteiger partial charge in [-0.1, -0.05) is 41.5 Å². The number of carbonyl (C=O) groups excluding carboxylic acids is 6. The molecule has 3 fully saturated rings. The van der Waals surface area contributed by atoms with Gasteiger partial charge in [-0.15, -0.1) is 0 Å². The van der Waals surface area contributed by atoms with Gasteiger partial charge in [0.1, 0.15) is 60.0 Å². The Morgan fingerprint density at radius 3 is 1.26 bits per heavy atom. The number of nitrogens with one attached hydrogen (secondary N) is 8. The maximum Gasteiger partial charge on any atom is 0.247 e. The fourth-order valence-corrected chi connectivity index (χ4v) is 10.2. The first-order valence-corrected chi connectivity index (χ1v) is 26.4. The first-order chi connectivity index (χ1) is 36.1. The molecule has 2 aromatic carbocycles. The van der Waals surface area contributed by atoms with Crippen molar-refractivity contribution in [1.29, 1.82) is 0 Å². The molecule has 2 aromatic heterocycles. The van der Waals surface area contributed by atoms with Crippen LogP contribution in [0.15, 0.2) is 36.9 Å². The molecule has 6 atom stereocenters. The van der Waals surface area contributed by atoms with Crippen molar-refractivity contribution in [3.05, 3.63) is 36.9 Å². The van der Waals surface area contributed by atoms with Gasteiger partial charge in [0.15, 0.2) is 0 Å². The lowest BCUT2D eigenvalue weighted by atomic mass is 9.85. The van der Waals surface area contributed by atoms with Crippen molar-refractivity contribution in [1.82, 2.24) is 51.0 Å². The number of methoxy groups -OCH3 is 2. The van der Waals surface area contributed by atoms with Crippen molar-refractivity contribution in [2.45, 2.75) is 155 Å². The Bertz CT molecular complexity index is 2600. The van der Waals surface area contributed by atoms with Crippen molar-refractivity contribution in [3.63, 3.8) is 0 Å². The predicted molar refractivity (Wildman–Crippen MR) is 292 cm³/mol. The van der Waals surface area contributed by atoms with E-state index in [1.807, 2.05) is 41.5 Å². The molecule has 8 N–H and O–H groups in total. The highest BCUT2D eigenvalue weighted by molar-refractivity contribution is 6.04. The smallest absolute Gasteiger partial charge is 0.247 e. The molecule has 4 heterocycles. The lowest BCUT2D eigenvalue weighted by Crippen LogP contribution is -2.59. The Kier molecular flexibility index (Phi) is 17.9. The van der Waals surface area contributed by atoms with E-state index < -0.39 is 47.1 Å². The van der Waals surface area contributed by atoms with Crippen molar-refractivity contribution < 1.29 is 38.2 Å². The molecule has 2 aliphatic heterocycles. The SMILES string of the molecule is CN[C@@H](C)C(=O)N[C@H](C(=O)N1CCC[C@@H]1C(=O)Nc1cc2c(NC3CCC(Nc4ncnc5cc(OC)c(NC(=O)[C@@H]6CCCN6C(=O)[C@@H](NC(=O)[C@H](C)NC)C(C)(C)C)cc45)CC3)ncnc2cc1OC)C(C)(C)C. The van der Waals surface area contributed by atoms with E-state index >= 15 is 0 Å². The number of nitrogens with zero attached hydrogens (tertiary/aromatic N) is 6. The molecule has 76 heavy (non-hydrogen) atoms. The molecular formula is C54H78N14O8. The van der Waals surface area contributed by atoms with Gasteiger partial charge < -0.3 is 61.8 Å². The van der Waals surface area contributed by atoms with Gasteiger partial charge in [-0.2, -0.15) is 0 Å². The summed E-state index contributed by atoms with van der Waals surface area (Å²) in [4.78, 5) is 104. The summed E-state index contributed by atoms with van der Waals surface area (Å²) in [5.41, 5.74) is 0.823. The van der Waals surface area contributed by atoms with E-state index in [9.17, 15) is 28.8 Å². The van der Waals surface area contributed by atoms with E-state index in [4.69, 9.17) is 9.47 Å². The van der Waals surface area contributed by atoms with Gasteiger partial charge in [0, 0.05) is 48.1 Å². The quantitative estimate of drug-likeness (QED) is 0.0678. The number of ether oxygens (including phenoxy) is 2. The third-order valence-electron chi connectivity index (χ3n) is 15.0. The van der Waals surface area contributed by atoms with Gasteiger partial charge in [0.05, 0.1) is 48.7 Å². The fourth-order valence-electron chi connectivity index (χ4n) is 10.2. The van der Waals surface area contributed by atoms with E-state index in [0.29, 0.717) is 95.1 Å². The van der Waals surface area contributed by atoms with Crippen LogP contribution in [-0.4, -0.2) is 155 Å². The second kappa shape index (κ2) is 23.9. The maximum atomic E-state index is 14.1. The molecule has 1 aliphatic carbocycles. The monoisotopic (exact) mass is 1050 g/mol. The predicted octanol–water partition coefficient (Wildman–Crippen LogP) is 4.56. The number of amides is 6. The van der Waals surface area contributed by atoms with E-state index in [0.717, 1.165) is 25.7 Å². The topological polar surface area (TPSA) is 275 Å². The molecule has 22 nitrogen and oxygen atoms in total. The molecule has 7 rings (SSSR count). The minimum Gasteiger partial charge on any atom is -0.494 e. The standard InChI is InChI=1S/C54H78N14O8/c1-29(55-9)47(69)65-43(53(3,4)5)51(73)67-21-13-15-39(67)49(71)63-37-23-33-35(25-41(37)75-11)57-27-59-45(33)61-31-17-19-32(20-18-31)62-46-34-24-38(42(76-12)26-36(34)58-28-60-46)64-50(72)40-16-14-22-68(40)52(74)44(54(6,7)8)66-48(70)30(2)56-10/h23-32,39-40,43-44,55-56H,13-22H2,1-12H3,(H,63,71)(H,64,72)(H,65,69)(H,66,70)(H,57,59,61)(H,58,60,62)/t29-,30-,31?,32?,39-,40+,43+,44+/m0/s1. The first-order valence-electron chi connectivity index (χ1n) is 26.4. The molecule has 3 aliphatic rings. The molecule has 2 saturated heterocycles. The van der Waals surface area contributed by atoms with Crippen molar-refractivity contribution in [3.8, 4) is 11.5 Å². The molecule has 1 saturated carbocycles. The van der Waals surface area contributed by atoms with Gasteiger partial charge >= 0.3 is 0 Å². The van der Waals surface area contributed by atoms with Crippen LogP contribution < -0.4 is 52.0 Å². The minimum atomic E-state index is -0.846. The van der Waals surface area contributed by atoms with E-state index in [1.54, 1.807) is 62.0 Å². The number of hydrogen-bond donors (Lipinski definition) is 8. The van der Waals surface area contributed by atoms with Crippen LogP contribution in [0.25, 0.3) is 21.8 Å². The summed E-state index contributed by atoms with van der Waals surface area (Å²) >= 11 is 0. The lowest BCUT2D eigenvalue weighted by molar-refractivity contribution is -0.143. The fraction of sp³-hybridized carbons (Fsp3) is 0.593. The Morgan fingerprint density at radius 2 is 0.934 bits per heavy atom. The van der Waals surface area contributed by atoms with Gasteiger partial charge in [0.25, 0.3) is 0 Å². The van der Waals surface area contributed by atoms with E-state index in [-0.39, 0.29) is 47.5 Å². The van der Waals surface area contributed by atoms with Crippen LogP contribution in [0.1, 0.15) is 107 Å². The summed E-state index contributed by atoms with van der Waals surface area (Å²) in [5.74, 6) is 0.0670. The first kappa shape index (κ1) is 56.8. The number of fused-ring (bicyclic) bond motifs is 2. The molecule has 6 amide bonds. The molecule has 0 unspecified atom stereocenters. The molecule has 0 bridgehead atoms. The molecule has 412 valence electrons. The Balaban J connectivity index is 1.01. The highest BCUT2D eigenvalue weighted by Gasteiger charge is 2.44. The third kappa shape index (κ3) is 12.8. The van der Waals surface area contributed by atoms with Gasteiger partial charge in [-0.05, 0) is 102 Å². The highest BCUT2D eigenvalue weighted by atomic mass is 16.5. The summed E-state index contributed by atoms with van der Waals surface area (Å²) in [6, 6.07) is 3.01. The van der Waals surface area contributed by atoms with Crippen molar-refractivity contribution in [2.75, 3.05) is 62.7 Å². The van der Waals surface area contributed by atoms with Crippen LogP contribution in [-0.2, 0) is 28.8 Å². The number of likely N-dealkylation sites (tertiary alicyclic amines) is 2. The number of likely N-dealkylation sites (N-methyl/N-ethyl adjacent to an activating group) is 2. The van der Waals surface area contributed by atoms with Crippen LogP contribution in [0.4, 0.5) is 23.0 Å². The zero-order valence-electron chi connectivity index (χ0n) is 46.1. The second-order valence-corrected chi connectivity index (χ2v) is 22.4. The molecule has 0 radical (unpaired) electrons. The Morgan fingerprint density at radius 1 is 0.566 bits per heavy atom. The minimum absolute atomic E-state index is 0.0591. The number of benzene rings is 2. The Labute approximate surface area is 445 Å². The maximum absolute atomic E-state index is 14.1. The van der Waals surface area contributed by atoms with Crippen LogP contribution in [0.5, 0.6) is 11.5 Å². The van der Waals surface area contributed by atoms with Crippen LogP contribution in [0.2, 0.25) is 0 Å². The number of aromatic nitrogens is 4. The van der Waals surface area contributed by atoms with Crippen molar-refractivity contribution >= 4 is 80.3 Å². The normalized spacial score (nSPS) is 20.5. The van der Waals surface area contributed by atoms with Crippen molar-refractivity contribution in [2.24, 2.45) is 10.8 Å². The molecule has 22 heteroatoms. The molecular weight excluding hydrogens is 973 g/mol. The van der Waals surface area contributed by atoms with Gasteiger partial charge in [-0.25, -0.2) is 19.9 Å². The summed E-state index contributed by atoms with van der Waals surface area (Å²) in [6.07, 6.45) is 8.35. The number of hydrogen-bond acceptors (Lipinski definition) is 16. The average molecular weight is 1050 g/mol. The van der Waals surface area contributed by atoms with Gasteiger partial charge in [-0.3, -0.25) is 28.8 Å². The number of anilines is 4. The lowest BCUT2D eigenvalue weighted by Gasteiger charge is -2.36. The summed E-state index contributed by atoms with van der Waals surface area (Å²) in [5, 5.41) is 26.4. The molecule has 4 aromatic rings. The summed E-state index contributed by atoms with van der Waals surface area (Å²) < 4.78 is 11.5. The van der Waals surface area contributed by atoms with Crippen LogP contribution in [0.3, 0.4) is 0 Å². The van der Waals surface area contributed by atoms with E-state index in [2.05, 4.69) is 62.5 Å².